The standard InChI is InChI=1S/C14H17N5O/c1-20-11-2-3-12-9(6-11)4-5-19(12)8-10-7-17-14(16)18-13(10)15/h2-3,6-7H,4-5,8H2,1H3,(H4,15,16,17,18). The van der Waals surface area contributed by atoms with E-state index in [1.54, 1.807) is 13.3 Å². The van der Waals surface area contributed by atoms with Crippen molar-refractivity contribution in [3.8, 4) is 5.75 Å². The van der Waals surface area contributed by atoms with Gasteiger partial charge in [0.05, 0.1) is 7.11 Å². The van der Waals surface area contributed by atoms with E-state index in [1.165, 1.54) is 11.3 Å². The van der Waals surface area contributed by atoms with Gasteiger partial charge >= 0.3 is 0 Å². The second-order valence-electron chi connectivity index (χ2n) is 4.80. The van der Waals surface area contributed by atoms with Crippen molar-refractivity contribution in [3.63, 3.8) is 0 Å². The number of ether oxygens (including phenoxy) is 1. The molecule has 4 N–H and O–H groups in total. The molecule has 1 aliphatic heterocycles. The third kappa shape index (κ3) is 2.20. The maximum Gasteiger partial charge on any atom is 0.221 e. The quantitative estimate of drug-likeness (QED) is 0.872. The van der Waals surface area contributed by atoms with Crippen molar-refractivity contribution in [2.45, 2.75) is 13.0 Å². The average Bonchev–Trinajstić information content (AvgIpc) is 2.84. The number of benzene rings is 1. The molecule has 0 unspecified atom stereocenters. The van der Waals surface area contributed by atoms with Gasteiger partial charge in [-0.15, -0.1) is 0 Å². The number of nitrogens with zero attached hydrogens (tertiary/aromatic N) is 3. The molecule has 0 aliphatic carbocycles. The van der Waals surface area contributed by atoms with E-state index in [0.29, 0.717) is 12.4 Å². The Labute approximate surface area is 117 Å². The molecule has 6 nitrogen and oxygen atoms in total. The number of rotatable bonds is 3. The minimum Gasteiger partial charge on any atom is -0.497 e. The normalized spacial score (nSPS) is 13.3. The van der Waals surface area contributed by atoms with Crippen molar-refractivity contribution in [1.82, 2.24) is 9.97 Å². The van der Waals surface area contributed by atoms with E-state index in [-0.39, 0.29) is 5.95 Å². The number of aromatic nitrogens is 2. The van der Waals surface area contributed by atoms with Crippen molar-refractivity contribution in [3.05, 3.63) is 35.5 Å². The SMILES string of the molecule is COc1ccc2c(c1)CCN2Cc1cnc(N)nc1N. The summed E-state index contributed by atoms with van der Waals surface area (Å²) in [5.41, 5.74) is 14.8. The second-order valence-corrected chi connectivity index (χ2v) is 4.80. The molecule has 0 spiro atoms. The number of nitrogens with two attached hydrogens (primary N) is 2. The predicted molar refractivity (Wildman–Crippen MR) is 78.6 cm³/mol. The van der Waals surface area contributed by atoms with E-state index in [4.69, 9.17) is 16.2 Å². The summed E-state index contributed by atoms with van der Waals surface area (Å²) in [4.78, 5) is 10.3. The predicted octanol–water partition coefficient (Wildman–Crippen LogP) is 1.21. The fraction of sp³-hybridized carbons (Fsp3) is 0.286. The van der Waals surface area contributed by atoms with Crippen molar-refractivity contribution in [2.24, 2.45) is 0 Å². The zero-order chi connectivity index (χ0) is 14.1. The lowest BCUT2D eigenvalue weighted by atomic mass is 10.1. The highest BCUT2D eigenvalue weighted by Gasteiger charge is 2.20. The number of methoxy groups -OCH3 is 1. The number of hydrogen-bond donors (Lipinski definition) is 2. The first kappa shape index (κ1) is 12.5. The van der Waals surface area contributed by atoms with Crippen LogP contribution in [0.2, 0.25) is 0 Å². The van der Waals surface area contributed by atoms with Gasteiger partial charge < -0.3 is 21.1 Å². The van der Waals surface area contributed by atoms with Crippen LogP contribution >= 0.6 is 0 Å². The van der Waals surface area contributed by atoms with E-state index in [1.807, 2.05) is 6.07 Å². The Balaban J connectivity index is 1.84. The molecule has 6 heteroatoms. The first-order valence-electron chi connectivity index (χ1n) is 6.46. The highest BCUT2D eigenvalue weighted by Crippen LogP contribution is 2.32. The summed E-state index contributed by atoms with van der Waals surface area (Å²) in [5, 5.41) is 0. The van der Waals surface area contributed by atoms with Crippen LogP contribution in [0, 0.1) is 0 Å². The third-order valence-corrected chi connectivity index (χ3v) is 3.56. The summed E-state index contributed by atoms with van der Waals surface area (Å²) in [6.45, 7) is 1.64. The largest absolute Gasteiger partial charge is 0.497 e. The Morgan fingerprint density at radius 3 is 2.95 bits per heavy atom. The van der Waals surface area contributed by atoms with Crippen molar-refractivity contribution < 1.29 is 4.74 Å². The van der Waals surface area contributed by atoms with Crippen LogP contribution in [0.4, 0.5) is 17.5 Å². The molecule has 0 saturated heterocycles. The molecule has 104 valence electrons. The molecule has 0 saturated carbocycles. The first-order valence-corrected chi connectivity index (χ1v) is 6.46. The average molecular weight is 271 g/mol. The fourth-order valence-corrected chi connectivity index (χ4v) is 2.50. The molecule has 2 aromatic rings. The van der Waals surface area contributed by atoms with Crippen LogP contribution in [-0.2, 0) is 13.0 Å². The van der Waals surface area contributed by atoms with Crippen LogP contribution in [0.3, 0.4) is 0 Å². The van der Waals surface area contributed by atoms with Gasteiger partial charge in [-0.05, 0) is 30.2 Å². The Morgan fingerprint density at radius 2 is 2.20 bits per heavy atom. The zero-order valence-electron chi connectivity index (χ0n) is 11.3. The monoisotopic (exact) mass is 271 g/mol. The van der Waals surface area contributed by atoms with Gasteiger partial charge in [-0.2, -0.15) is 4.98 Å². The van der Waals surface area contributed by atoms with Crippen LogP contribution < -0.4 is 21.1 Å². The van der Waals surface area contributed by atoms with Crippen LogP contribution in [0.15, 0.2) is 24.4 Å². The Morgan fingerprint density at radius 1 is 1.35 bits per heavy atom. The molecule has 0 amide bonds. The number of nitrogen functional groups attached to an aromatic ring is 2. The molecule has 0 radical (unpaired) electrons. The smallest absolute Gasteiger partial charge is 0.221 e. The summed E-state index contributed by atoms with van der Waals surface area (Å²) >= 11 is 0. The van der Waals surface area contributed by atoms with Gasteiger partial charge in [0.2, 0.25) is 5.95 Å². The molecule has 0 atom stereocenters. The summed E-state index contributed by atoms with van der Waals surface area (Å²) in [7, 11) is 1.68. The third-order valence-electron chi connectivity index (χ3n) is 3.56. The van der Waals surface area contributed by atoms with Crippen LogP contribution in [0.5, 0.6) is 5.75 Å². The lowest BCUT2D eigenvalue weighted by Crippen LogP contribution is -2.21. The Hall–Kier alpha value is -2.50. The Bertz CT molecular complexity index is 643. The second kappa shape index (κ2) is 4.88. The number of anilines is 3. The van der Waals surface area contributed by atoms with Gasteiger partial charge in [0.1, 0.15) is 11.6 Å². The van der Waals surface area contributed by atoms with Crippen molar-refractivity contribution >= 4 is 17.5 Å². The molecule has 1 aliphatic rings. The Kier molecular flexibility index (Phi) is 3.06. The highest BCUT2D eigenvalue weighted by molar-refractivity contribution is 5.61. The van der Waals surface area contributed by atoms with Crippen LogP contribution in [-0.4, -0.2) is 23.6 Å². The summed E-state index contributed by atoms with van der Waals surface area (Å²) in [6, 6.07) is 6.13. The molecule has 2 heterocycles. The topological polar surface area (TPSA) is 90.3 Å². The summed E-state index contributed by atoms with van der Waals surface area (Å²) in [5.74, 6) is 1.54. The van der Waals surface area contributed by atoms with E-state index >= 15 is 0 Å². The lowest BCUT2D eigenvalue weighted by molar-refractivity contribution is 0.414. The molecule has 20 heavy (non-hydrogen) atoms. The molecular formula is C14H17N5O. The van der Waals surface area contributed by atoms with Gasteiger partial charge in [0.15, 0.2) is 0 Å². The molecule has 1 aromatic heterocycles. The minimum absolute atomic E-state index is 0.206. The number of hydrogen-bond acceptors (Lipinski definition) is 6. The van der Waals surface area contributed by atoms with E-state index in [2.05, 4.69) is 27.0 Å². The van der Waals surface area contributed by atoms with Crippen molar-refractivity contribution in [1.29, 1.82) is 0 Å². The van der Waals surface area contributed by atoms with Crippen molar-refractivity contribution in [2.75, 3.05) is 30.0 Å². The van der Waals surface area contributed by atoms with Gasteiger partial charge in [-0.25, -0.2) is 4.98 Å². The summed E-state index contributed by atoms with van der Waals surface area (Å²) in [6.07, 6.45) is 2.70. The molecule has 1 aromatic carbocycles. The van der Waals surface area contributed by atoms with E-state index in [0.717, 1.165) is 24.3 Å². The molecule has 0 fully saturated rings. The first-order chi connectivity index (χ1) is 9.67. The molecule has 3 rings (SSSR count). The summed E-state index contributed by atoms with van der Waals surface area (Å²) < 4.78 is 5.25. The van der Waals surface area contributed by atoms with E-state index in [9.17, 15) is 0 Å². The lowest BCUT2D eigenvalue weighted by Gasteiger charge is -2.20. The minimum atomic E-state index is 0.206. The van der Waals surface area contributed by atoms with Gasteiger partial charge in [0, 0.05) is 30.5 Å². The maximum absolute atomic E-state index is 5.89. The van der Waals surface area contributed by atoms with E-state index < -0.39 is 0 Å². The van der Waals surface area contributed by atoms with Gasteiger partial charge in [-0.1, -0.05) is 0 Å². The highest BCUT2D eigenvalue weighted by atomic mass is 16.5. The van der Waals surface area contributed by atoms with Gasteiger partial charge in [-0.3, -0.25) is 0 Å². The number of fused-ring (bicyclic) bond motifs is 1. The van der Waals surface area contributed by atoms with Crippen LogP contribution in [0.25, 0.3) is 0 Å². The molecule has 0 bridgehead atoms. The fourth-order valence-electron chi connectivity index (χ4n) is 2.50. The maximum atomic E-state index is 5.89. The van der Waals surface area contributed by atoms with Crippen LogP contribution in [0.1, 0.15) is 11.1 Å². The zero-order valence-corrected chi connectivity index (χ0v) is 11.3. The van der Waals surface area contributed by atoms with Gasteiger partial charge in [0.25, 0.3) is 0 Å². The molecular weight excluding hydrogens is 254 g/mol.